The minimum absolute atomic E-state index is 0.180. The smallest absolute Gasteiger partial charge is 0.278 e. The van der Waals surface area contributed by atoms with Crippen molar-refractivity contribution in [1.29, 1.82) is 0 Å². The van der Waals surface area contributed by atoms with E-state index < -0.39 is 0 Å². The van der Waals surface area contributed by atoms with Crippen molar-refractivity contribution in [3.05, 3.63) is 101 Å². The molecule has 0 bridgehead atoms. The second kappa shape index (κ2) is 9.12. The summed E-state index contributed by atoms with van der Waals surface area (Å²) in [6.07, 6.45) is 0. The molecule has 0 unspecified atom stereocenters. The Kier molecular flexibility index (Phi) is 6.09. The third-order valence-corrected chi connectivity index (χ3v) is 5.62. The van der Waals surface area contributed by atoms with E-state index in [4.69, 9.17) is 0 Å². The van der Waals surface area contributed by atoms with E-state index in [1.807, 2.05) is 62.4 Å². The zero-order valence-electron chi connectivity index (χ0n) is 18.8. The Bertz CT molecular complexity index is 1260. The number of benzene rings is 3. The summed E-state index contributed by atoms with van der Waals surface area (Å²) < 4.78 is 0. The Morgan fingerprint density at radius 1 is 0.818 bits per heavy atom. The zero-order valence-corrected chi connectivity index (χ0v) is 18.8. The molecule has 3 aromatic rings. The third-order valence-electron chi connectivity index (χ3n) is 5.62. The Morgan fingerprint density at radius 3 is 2.12 bits per heavy atom. The molecule has 3 amide bonds. The molecule has 4 rings (SSSR count). The Hall–Kier alpha value is -4.19. The van der Waals surface area contributed by atoms with Crippen LogP contribution < -0.4 is 10.6 Å². The van der Waals surface area contributed by atoms with E-state index in [9.17, 15) is 14.4 Å². The van der Waals surface area contributed by atoms with Crippen LogP contribution in [0.5, 0.6) is 0 Å². The maximum atomic E-state index is 13.4. The van der Waals surface area contributed by atoms with Crippen LogP contribution in [0.1, 0.15) is 29.2 Å². The molecule has 0 fully saturated rings. The summed E-state index contributed by atoms with van der Waals surface area (Å²) in [4.78, 5) is 39.4. The zero-order chi connectivity index (χ0) is 23.5. The predicted molar refractivity (Wildman–Crippen MR) is 129 cm³/mol. The lowest BCUT2D eigenvalue weighted by atomic mass is 10.0. The maximum absolute atomic E-state index is 13.4. The highest BCUT2D eigenvalue weighted by molar-refractivity contribution is 6.36. The van der Waals surface area contributed by atoms with Crippen molar-refractivity contribution in [2.75, 3.05) is 10.6 Å². The highest BCUT2D eigenvalue weighted by atomic mass is 16.2. The molecule has 1 heterocycles. The van der Waals surface area contributed by atoms with Crippen molar-refractivity contribution in [3.63, 3.8) is 0 Å². The molecule has 0 aromatic heterocycles. The van der Waals surface area contributed by atoms with Gasteiger partial charge in [-0.25, -0.2) is 0 Å². The number of aryl methyl sites for hydroxylation is 2. The van der Waals surface area contributed by atoms with E-state index in [0.717, 1.165) is 22.4 Å². The van der Waals surface area contributed by atoms with Crippen LogP contribution in [0.2, 0.25) is 0 Å². The second-order valence-corrected chi connectivity index (χ2v) is 8.11. The van der Waals surface area contributed by atoms with Crippen molar-refractivity contribution in [1.82, 2.24) is 4.90 Å². The number of rotatable bonds is 6. The van der Waals surface area contributed by atoms with Gasteiger partial charge in [0.2, 0.25) is 5.91 Å². The van der Waals surface area contributed by atoms with Gasteiger partial charge >= 0.3 is 0 Å². The van der Waals surface area contributed by atoms with Gasteiger partial charge in [-0.15, -0.1) is 0 Å². The topological polar surface area (TPSA) is 78.5 Å². The number of hydrogen-bond donors (Lipinski definition) is 2. The van der Waals surface area contributed by atoms with Crippen LogP contribution in [0.3, 0.4) is 0 Å². The van der Waals surface area contributed by atoms with Gasteiger partial charge in [-0.1, -0.05) is 48.5 Å². The molecule has 0 saturated heterocycles. The summed E-state index contributed by atoms with van der Waals surface area (Å²) in [5, 5.41) is 5.91. The van der Waals surface area contributed by atoms with Gasteiger partial charge in [-0.2, -0.15) is 0 Å². The van der Waals surface area contributed by atoms with Crippen LogP contribution in [-0.2, 0) is 20.9 Å². The molecule has 33 heavy (non-hydrogen) atoms. The lowest BCUT2D eigenvalue weighted by Gasteiger charge is -2.15. The first-order valence-electron chi connectivity index (χ1n) is 10.7. The minimum atomic E-state index is -0.372. The maximum Gasteiger partial charge on any atom is 0.278 e. The van der Waals surface area contributed by atoms with Crippen LogP contribution in [0.25, 0.3) is 5.57 Å². The number of imide groups is 1. The number of amides is 3. The summed E-state index contributed by atoms with van der Waals surface area (Å²) in [7, 11) is 0. The van der Waals surface area contributed by atoms with Gasteiger partial charge in [0.25, 0.3) is 11.8 Å². The highest BCUT2D eigenvalue weighted by Gasteiger charge is 2.39. The summed E-state index contributed by atoms with van der Waals surface area (Å²) in [5.41, 5.74) is 5.60. The predicted octanol–water partition coefficient (Wildman–Crippen LogP) is 4.65. The summed E-state index contributed by atoms with van der Waals surface area (Å²) in [6.45, 7) is 5.64. The van der Waals surface area contributed by atoms with Gasteiger partial charge in [0.05, 0.1) is 12.1 Å². The largest absolute Gasteiger partial charge is 0.350 e. The summed E-state index contributed by atoms with van der Waals surface area (Å²) in [6, 6.07) is 22.2. The van der Waals surface area contributed by atoms with Gasteiger partial charge in [0, 0.05) is 18.3 Å². The van der Waals surface area contributed by atoms with Crippen LogP contribution in [-0.4, -0.2) is 22.6 Å². The second-order valence-electron chi connectivity index (χ2n) is 8.11. The first-order valence-corrected chi connectivity index (χ1v) is 10.7. The first-order chi connectivity index (χ1) is 15.8. The summed E-state index contributed by atoms with van der Waals surface area (Å²) >= 11 is 0. The summed E-state index contributed by atoms with van der Waals surface area (Å²) in [5.74, 6) is -0.911. The average molecular weight is 440 g/mol. The number of carbonyl (C=O) groups excluding carboxylic acids is 3. The third kappa shape index (κ3) is 4.70. The molecule has 0 saturated carbocycles. The molecular formula is C27H25N3O3. The molecule has 0 aliphatic carbocycles. The van der Waals surface area contributed by atoms with E-state index in [-0.39, 0.29) is 30.0 Å². The number of anilines is 2. The van der Waals surface area contributed by atoms with Gasteiger partial charge in [-0.05, 0) is 60.4 Å². The van der Waals surface area contributed by atoms with Gasteiger partial charge in [0.1, 0.15) is 5.70 Å². The van der Waals surface area contributed by atoms with E-state index in [0.29, 0.717) is 16.8 Å². The normalized spacial score (nSPS) is 13.5. The molecule has 0 atom stereocenters. The quantitative estimate of drug-likeness (QED) is 0.548. The molecular weight excluding hydrogens is 414 g/mol. The average Bonchev–Trinajstić information content (AvgIpc) is 3.01. The lowest BCUT2D eigenvalue weighted by molar-refractivity contribution is -0.137. The molecule has 6 nitrogen and oxygen atoms in total. The number of carbonyl (C=O) groups is 3. The number of nitrogens with one attached hydrogen (secondary N) is 2. The monoisotopic (exact) mass is 439 g/mol. The Morgan fingerprint density at radius 2 is 1.48 bits per heavy atom. The van der Waals surface area contributed by atoms with Crippen LogP contribution in [0.15, 0.2) is 78.5 Å². The molecule has 1 aliphatic heterocycles. The molecule has 0 spiro atoms. The standard InChI is InChI=1S/C27H25N3O3/c1-17-9-12-23(15-18(17)2)29-25-24(21-10-13-22(14-11-21)28-19(3)31)26(32)30(27(25)33)16-20-7-5-4-6-8-20/h4-15,29H,16H2,1-3H3,(H,28,31). The fraction of sp³-hybridized carbons (Fsp3) is 0.148. The number of nitrogens with zero attached hydrogens (tertiary/aromatic N) is 1. The van der Waals surface area contributed by atoms with E-state index in [2.05, 4.69) is 10.6 Å². The van der Waals surface area contributed by atoms with Gasteiger partial charge in [0.15, 0.2) is 0 Å². The molecule has 166 valence electrons. The molecule has 3 aromatic carbocycles. The SMILES string of the molecule is CC(=O)Nc1ccc(C2=C(Nc3ccc(C)c(C)c3)C(=O)N(Cc3ccccc3)C2=O)cc1. The van der Waals surface area contributed by atoms with Crippen molar-refractivity contribution in [3.8, 4) is 0 Å². The van der Waals surface area contributed by atoms with Crippen LogP contribution >= 0.6 is 0 Å². The fourth-order valence-electron chi connectivity index (χ4n) is 3.76. The fourth-order valence-corrected chi connectivity index (χ4v) is 3.76. The molecule has 2 N–H and O–H groups in total. The van der Waals surface area contributed by atoms with E-state index in [1.54, 1.807) is 24.3 Å². The van der Waals surface area contributed by atoms with Crippen molar-refractivity contribution < 1.29 is 14.4 Å². The van der Waals surface area contributed by atoms with Crippen LogP contribution in [0.4, 0.5) is 11.4 Å². The molecule has 1 aliphatic rings. The van der Waals surface area contributed by atoms with Crippen LogP contribution in [0, 0.1) is 13.8 Å². The van der Waals surface area contributed by atoms with Gasteiger partial charge in [-0.3, -0.25) is 19.3 Å². The molecule has 6 heteroatoms. The minimum Gasteiger partial charge on any atom is -0.350 e. The molecule has 0 radical (unpaired) electrons. The van der Waals surface area contributed by atoms with E-state index in [1.165, 1.54) is 11.8 Å². The van der Waals surface area contributed by atoms with Crippen molar-refractivity contribution in [2.45, 2.75) is 27.3 Å². The first kappa shape index (κ1) is 22.0. The Balaban J connectivity index is 1.73. The Labute approximate surface area is 192 Å². The highest BCUT2D eigenvalue weighted by Crippen LogP contribution is 2.32. The van der Waals surface area contributed by atoms with E-state index >= 15 is 0 Å². The lowest BCUT2D eigenvalue weighted by Crippen LogP contribution is -2.32. The van der Waals surface area contributed by atoms with Crippen molar-refractivity contribution in [2.24, 2.45) is 0 Å². The van der Waals surface area contributed by atoms with Crippen molar-refractivity contribution >= 4 is 34.7 Å². The number of hydrogen-bond acceptors (Lipinski definition) is 4. The van der Waals surface area contributed by atoms with Gasteiger partial charge < -0.3 is 10.6 Å².